The van der Waals surface area contributed by atoms with E-state index in [0.717, 1.165) is 38.1 Å². The van der Waals surface area contributed by atoms with Crippen LogP contribution in [0.5, 0.6) is 0 Å². The van der Waals surface area contributed by atoms with Gasteiger partial charge >= 0.3 is 5.69 Å². The van der Waals surface area contributed by atoms with E-state index in [9.17, 15) is 9.59 Å². The summed E-state index contributed by atoms with van der Waals surface area (Å²) < 4.78 is 2.79. The summed E-state index contributed by atoms with van der Waals surface area (Å²) in [6.07, 6.45) is 2.51. The van der Waals surface area contributed by atoms with E-state index in [4.69, 9.17) is 5.73 Å². The molecule has 4 rings (SSSR count). The Balaban J connectivity index is 1.62. The van der Waals surface area contributed by atoms with Crippen LogP contribution in [-0.2, 0) is 20.0 Å². The first-order valence-corrected chi connectivity index (χ1v) is 12.2. The first-order valence-electron chi connectivity index (χ1n) is 12.2. The summed E-state index contributed by atoms with van der Waals surface area (Å²) in [7, 11) is 1.69. The SMILES string of the molecule is CC#CCN1c2c(n(C)c(=O)n(CC(C)=NCCc3ccccc3)c2=O)NC1N1CCCC(N)C1. The van der Waals surface area contributed by atoms with Crippen molar-refractivity contribution in [3.05, 3.63) is 56.7 Å². The molecule has 0 spiro atoms. The van der Waals surface area contributed by atoms with Gasteiger partial charge in [0.25, 0.3) is 5.56 Å². The third kappa shape index (κ3) is 5.34. The Morgan fingerprint density at radius 1 is 1.26 bits per heavy atom. The van der Waals surface area contributed by atoms with Crippen LogP contribution in [0, 0.1) is 11.8 Å². The highest BCUT2D eigenvalue weighted by molar-refractivity contribution is 5.82. The van der Waals surface area contributed by atoms with E-state index in [1.165, 1.54) is 14.7 Å². The van der Waals surface area contributed by atoms with Gasteiger partial charge in [-0.15, -0.1) is 5.92 Å². The molecule has 0 aliphatic carbocycles. The third-order valence-electron chi connectivity index (χ3n) is 6.65. The summed E-state index contributed by atoms with van der Waals surface area (Å²) in [5.41, 5.74) is 7.96. The molecule has 9 nitrogen and oxygen atoms in total. The normalized spacial score (nSPS) is 20.2. The van der Waals surface area contributed by atoms with E-state index in [0.29, 0.717) is 24.6 Å². The summed E-state index contributed by atoms with van der Waals surface area (Å²) in [5.74, 6) is 6.55. The number of nitrogens with zero attached hydrogens (tertiary/aromatic N) is 5. The minimum Gasteiger partial charge on any atom is -0.337 e. The predicted octanol–water partition coefficient (Wildman–Crippen LogP) is 1.21. The van der Waals surface area contributed by atoms with Crippen molar-refractivity contribution in [2.24, 2.45) is 17.8 Å². The van der Waals surface area contributed by atoms with E-state index in [1.54, 1.807) is 14.0 Å². The topological polar surface area (TPSA) is 101 Å². The summed E-state index contributed by atoms with van der Waals surface area (Å²) in [6.45, 7) is 6.37. The van der Waals surface area contributed by atoms with Crippen LogP contribution in [0.2, 0.25) is 0 Å². The third-order valence-corrected chi connectivity index (χ3v) is 6.65. The van der Waals surface area contributed by atoms with Crippen LogP contribution in [0.4, 0.5) is 11.5 Å². The van der Waals surface area contributed by atoms with Crippen LogP contribution in [-0.4, -0.2) is 58.3 Å². The monoisotopic (exact) mass is 477 g/mol. The average molecular weight is 478 g/mol. The molecule has 186 valence electrons. The molecule has 3 heterocycles. The van der Waals surface area contributed by atoms with E-state index < -0.39 is 0 Å². The van der Waals surface area contributed by atoms with Crippen molar-refractivity contribution in [2.45, 2.75) is 52.0 Å². The molecule has 0 bridgehead atoms. The van der Waals surface area contributed by atoms with E-state index >= 15 is 0 Å². The molecule has 2 aliphatic rings. The van der Waals surface area contributed by atoms with Gasteiger partial charge in [-0.05, 0) is 38.7 Å². The first-order chi connectivity index (χ1) is 16.9. The number of benzene rings is 1. The van der Waals surface area contributed by atoms with Gasteiger partial charge in [-0.2, -0.15) is 0 Å². The van der Waals surface area contributed by atoms with Gasteiger partial charge in [0.05, 0.1) is 13.1 Å². The van der Waals surface area contributed by atoms with Crippen LogP contribution in [0.3, 0.4) is 0 Å². The zero-order valence-corrected chi connectivity index (χ0v) is 20.8. The Hall–Kier alpha value is -3.35. The lowest BCUT2D eigenvalue weighted by Crippen LogP contribution is -2.56. The Kier molecular flexibility index (Phi) is 7.73. The number of hydrogen-bond acceptors (Lipinski definition) is 7. The molecule has 1 saturated heterocycles. The van der Waals surface area contributed by atoms with Gasteiger partial charge in [-0.3, -0.25) is 23.8 Å². The van der Waals surface area contributed by atoms with Gasteiger partial charge < -0.3 is 16.0 Å². The molecular weight excluding hydrogens is 442 g/mol. The van der Waals surface area contributed by atoms with Crippen molar-refractivity contribution in [2.75, 3.05) is 36.4 Å². The van der Waals surface area contributed by atoms with Crippen molar-refractivity contribution in [1.29, 1.82) is 0 Å². The highest BCUT2D eigenvalue weighted by atomic mass is 16.2. The fraction of sp³-hybridized carbons (Fsp3) is 0.500. The lowest BCUT2D eigenvalue weighted by atomic mass is 10.1. The van der Waals surface area contributed by atoms with Gasteiger partial charge in [0.2, 0.25) is 0 Å². The number of rotatable bonds is 7. The summed E-state index contributed by atoms with van der Waals surface area (Å²) in [4.78, 5) is 35.7. The maximum atomic E-state index is 13.7. The van der Waals surface area contributed by atoms with Crippen molar-refractivity contribution in [1.82, 2.24) is 14.0 Å². The molecule has 0 radical (unpaired) electrons. The predicted molar refractivity (Wildman–Crippen MR) is 141 cm³/mol. The van der Waals surface area contributed by atoms with Gasteiger partial charge in [0.15, 0.2) is 6.29 Å². The molecule has 1 fully saturated rings. The molecule has 2 unspecified atom stereocenters. The Bertz CT molecular complexity index is 1250. The van der Waals surface area contributed by atoms with Crippen molar-refractivity contribution >= 4 is 17.2 Å². The molecule has 1 aromatic carbocycles. The van der Waals surface area contributed by atoms with Crippen molar-refractivity contribution in [3.63, 3.8) is 0 Å². The minimum absolute atomic E-state index is 0.0867. The highest BCUT2D eigenvalue weighted by Gasteiger charge is 2.39. The Morgan fingerprint density at radius 2 is 2.03 bits per heavy atom. The largest absolute Gasteiger partial charge is 0.337 e. The number of nitrogens with two attached hydrogens (primary N) is 1. The zero-order chi connectivity index (χ0) is 24.9. The van der Waals surface area contributed by atoms with Crippen molar-refractivity contribution in [3.8, 4) is 11.8 Å². The number of fused-ring (bicyclic) bond motifs is 1. The van der Waals surface area contributed by atoms with Crippen LogP contribution in [0.25, 0.3) is 0 Å². The summed E-state index contributed by atoms with van der Waals surface area (Å²) >= 11 is 0. The Morgan fingerprint density at radius 3 is 2.74 bits per heavy atom. The van der Waals surface area contributed by atoms with E-state index in [1.807, 2.05) is 30.0 Å². The second-order valence-electron chi connectivity index (χ2n) is 9.25. The van der Waals surface area contributed by atoms with Gasteiger partial charge in [-0.1, -0.05) is 36.3 Å². The fourth-order valence-electron chi connectivity index (χ4n) is 4.82. The molecule has 9 heteroatoms. The van der Waals surface area contributed by atoms with Crippen molar-refractivity contribution < 1.29 is 0 Å². The summed E-state index contributed by atoms with van der Waals surface area (Å²) in [5, 5.41) is 3.41. The molecule has 2 atom stereocenters. The van der Waals surface area contributed by atoms with Crippen LogP contribution < -0.4 is 27.2 Å². The molecule has 0 amide bonds. The maximum absolute atomic E-state index is 13.7. The molecule has 2 aliphatic heterocycles. The van der Waals surface area contributed by atoms with E-state index in [2.05, 4.69) is 39.2 Å². The van der Waals surface area contributed by atoms with Gasteiger partial charge in [-0.25, -0.2) is 4.79 Å². The second kappa shape index (κ2) is 10.9. The quantitative estimate of drug-likeness (QED) is 0.459. The zero-order valence-electron chi connectivity index (χ0n) is 20.8. The second-order valence-corrected chi connectivity index (χ2v) is 9.25. The number of anilines is 2. The number of aromatic nitrogens is 2. The average Bonchev–Trinajstić information content (AvgIpc) is 3.24. The number of aliphatic imine (C=N–C) groups is 1. The minimum atomic E-state index is -0.364. The number of piperidine rings is 1. The van der Waals surface area contributed by atoms with Gasteiger partial charge in [0.1, 0.15) is 11.5 Å². The van der Waals surface area contributed by atoms with Crippen LogP contribution >= 0.6 is 0 Å². The number of hydrogen-bond donors (Lipinski definition) is 2. The smallest absolute Gasteiger partial charge is 0.332 e. The molecule has 3 N–H and O–H groups in total. The Labute approximate surface area is 206 Å². The first kappa shape index (κ1) is 24.8. The van der Waals surface area contributed by atoms with Gasteiger partial charge in [0, 0.05) is 38.4 Å². The van der Waals surface area contributed by atoms with Crippen LogP contribution in [0.15, 0.2) is 44.9 Å². The number of likely N-dealkylation sites (tertiary alicyclic amines) is 1. The van der Waals surface area contributed by atoms with E-state index in [-0.39, 0.29) is 30.1 Å². The maximum Gasteiger partial charge on any atom is 0.332 e. The number of nitrogens with one attached hydrogen (secondary N) is 1. The molecule has 35 heavy (non-hydrogen) atoms. The standard InChI is InChI=1S/C26H35N7O2/c1-4-5-16-32-22-23(29-25(32)31-15-9-12-21(27)18-31)30(3)26(35)33(24(22)34)17-19(2)28-14-13-20-10-7-6-8-11-20/h6-8,10-11,21,25,29H,9,12-18,27H2,1-3H3. The lowest BCUT2D eigenvalue weighted by Gasteiger charge is -2.39. The molecule has 2 aromatic rings. The summed E-state index contributed by atoms with van der Waals surface area (Å²) in [6, 6.07) is 10.2. The molecule has 1 aromatic heterocycles. The van der Waals surface area contributed by atoms with Crippen LogP contribution in [0.1, 0.15) is 32.3 Å². The highest BCUT2D eigenvalue weighted by Crippen LogP contribution is 2.32. The molecule has 0 saturated carbocycles. The fourth-order valence-corrected chi connectivity index (χ4v) is 4.82. The molecular formula is C26H35N7O2. The lowest BCUT2D eigenvalue weighted by molar-refractivity contribution is 0.165.